The lowest BCUT2D eigenvalue weighted by atomic mass is 10.1. The monoisotopic (exact) mass is 270 g/mol. The summed E-state index contributed by atoms with van der Waals surface area (Å²) < 4.78 is 5.87. The van der Waals surface area contributed by atoms with Gasteiger partial charge in [-0.3, -0.25) is 0 Å². The summed E-state index contributed by atoms with van der Waals surface area (Å²) in [6.45, 7) is 6.14. The van der Waals surface area contributed by atoms with Crippen molar-refractivity contribution in [2.75, 3.05) is 0 Å². The minimum Gasteiger partial charge on any atom is -0.439 e. The summed E-state index contributed by atoms with van der Waals surface area (Å²) in [5, 5.41) is 0. The first-order chi connectivity index (χ1) is 9.58. The first-order valence-electron chi connectivity index (χ1n) is 7.06. The van der Waals surface area contributed by atoms with Gasteiger partial charge in [0.15, 0.2) is 0 Å². The van der Waals surface area contributed by atoms with Crippen molar-refractivity contribution >= 4 is 0 Å². The van der Waals surface area contributed by atoms with E-state index in [1.165, 1.54) is 5.56 Å². The van der Waals surface area contributed by atoms with Crippen molar-refractivity contribution in [2.24, 2.45) is 5.73 Å². The molecule has 0 saturated heterocycles. The molecule has 1 unspecified atom stereocenters. The number of rotatable bonds is 5. The Morgan fingerprint density at radius 2 is 2.05 bits per heavy atom. The van der Waals surface area contributed by atoms with Gasteiger partial charge in [0.2, 0.25) is 5.88 Å². The number of nitrogens with zero attached hydrogens (tertiary/aromatic N) is 1. The molecule has 0 saturated carbocycles. The summed E-state index contributed by atoms with van der Waals surface area (Å²) in [4.78, 5) is 4.40. The summed E-state index contributed by atoms with van der Waals surface area (Å²) in [5.41, 5.74) is 9.25. The number of benzene rings is 1. The summed E-state index contributed by atoms with van der Waals surface area (Å²) in [5.74, 6) is 1.49. The van der Waals surface area contributed by atoms with Crippen LogP contribution in [0, 0.1) is 6.92 Å². The maximum atomic E-state index is 5.87. The molecule has 2 aromatic rings. The maximum Gasteiger partial charge on any atom is 0.222 e. The smallest absolute Gasteiger partial charge is 0.222 e. The Kier molecular flexibility index (Phi) is 4.74. The number of ether oxygens (including phenoxy) is 1. The predicted molar refractivity (Wildman–Crippen MR) is 82.2 cm³/mol. The molecular formula is C17H22N2O. The van der Waals surface area contributed by atoms with Gasteiger partial charge in [0.1, 0.15) is 5.75 Å². The van der Waals surface area contributed by atoms with E-state index in [1.54, 1.807) is 0 Å². The third-order valence-electron chi connectivity index (χ3n) is 3.17. The van der Waals surface area contributed by atoms with Gasteiger partial charge in [-0.1, -0.05) is 19.1 Å². The van der Waals surface area contributed by atoms with E-state index in [9.17, 15) is 0 Å². The van der Waals surface area contributed by atoms with Crippen LogP contribution in [0.15, 0.2) is 36.5 Å². The van der Waals surface area contributed by atoms with Crippen molar-refractivity contribution in [1.82, 2.24) is 4.98 Å². The van der Waals surface area contributed by atoms with E-state index in [1.807, 2.05) is 32.2 Å². The second kappa shape index (κ2) is 6.53. The van der Waals surface area contributed by atoms with Gasteiger partial charge in [0.05, 0.1) is 0 Å². The highest BCUT2D eigenvalue weighted by Crippen LogP contribution is 2.24. The molecule has 1 aromatic carbocycles. The van der Waals surface area contributed by atoms with Crippen molar-refractivity contribution in [3.63, 3.8) is 0 Å². The molecule has 0 amide bonds. The molecule has 0 fully saturated rings. The fourth-order valence-corrected chi connectivity index (χ4v) is 2.15. The van der Waals surface area contributed by atoms with Gasteiger partial charge < -0.3 is 10.5 Å². The molecule has 0 radical (unpaired) electrons. The number of hydrogen-bond acceptors (Lipinski definition) is 3. The van der Waals surface area contributed by atoms with Gasteiger partial charge in [0, 0.05) is 17.8 Å². The van der Waals surface area contributed by atoms with Gasteiger partial charge in [-0.15, -0.1) is 0 Å². The van der Waals surface area contributed by atoms with E-state index in [0.717, 1.165) is 29.7 Å². The standard InChI is InChI=1S/C17H22N2O/c1-4-14-6-5-7-16(10-14)20-17-12(2)8-15(11-19-17)9-13(3)18/h5-8,10-11,13H,4,9,18H2,1-3H3. The Hall–Kier alpha value is -1.87. The quantitative estimate of drug-likeness (QED) is 0.902. The Morgan fingerprint density at radius 3 is 2.70 bits per heavy atom. The van der Waals surface area contributed by atoms with Gasteiger partial charge in [-0.05, 0) is 56.0 Å². The van der Waals surface area contributed by atoms with Crippen LogP contribution in [-0.2, 0) is 12.8 Å². The molecule has 1 aromatic heterocycles. The van der Waals surface area contributed by atoms with Crippen LogP contribution >= 0.6 is 0 Å². The Bertz CT molecular complexity index is 579. The summed E-state index contributed by atoms with van der Waals surface area (Å²) in [7, 11) is 0. The molecule has 0 spiro atoms. The molecule has 0 aliphatic heterocycles. The zero-order valence-corrected chi connectivity index (χ0v) is 12.4. The van der Waals surface area contributed by atoms with E-state index in [0.29, 0.717) is 5.88 Å². The van der Waals surface area contributed by atoms with E-state index in [2.05, 4.69) is 30.1 Å². The first-order valence-corrected chi connectivity index (χ1v) is 7.06. The number of aryl methyl sites for hydroxylation is 2. The first kappa shape index (κ1) is 14.5. The second-order valence-electron chi connectivity index (χ2n) is 5.25. The van der Waals surface area contributed by atoms with Crippen LogP contribution < -0.4 is 10.5 Å². The highest BCUT2D eigenvalue weighted by Gasteiger charge is 2.06. The van der Waals surface area contributed by atoms with Crippen LogP contribution in [0.3, 0.4) is 0 Å². The van der Waals surface area contributed by atoms with Crippen LogP contribution in [0.5, 0.6) is 11.6 Å². The Labute approximate surface area is 120 Å². The van der Waals surface area contributed by atoms with Crippen molar-refractivity contribution in [3.8, 4) is 11.6 Å². The maximum absolute atomic E-state index is 5.87. The largest absolute Gasteiger partial charge is 0.439 e. The molecule has 2 rings (SSSR count). The van der Waals surface area contributed by atoms with Gasteiger partial charge in [-0.2, -0.15) is 0 Å². The minimum absolute atomic E-state index is 0.143. The molecule has 2 N–H and O–H groups in total. The molecule has 20 heavy (non-hydrogen) atoms. The summed E-state index contributed by atoms with van der Waals surface area (Å²) >= 11 is 0. The average Bonchev–Trinajstić information content (AvgIpc) is 2.41. The lowest BCUT2D eigenvalue weighted by molar-refractivity contribution is 0.457. The fraction of sp³-hybridized carbons (Fsp3) is 0.353. The molecule has 0 aliphatic rings. The van der Waals surface area contributed by atoms with Gasteiger partial charge in [0.25, 0.3) is 0 Å². The van der Waals surface area contributed by atoms with E-state index in [4.69, 9.17) is 10.5 Å². The number of nitrogens with two attached hydrogens (primary N) is 1. The lowest BCUT2D eigenvalue weighted by Crippen LogP contribution is -2.17. The van der Waals surface area contributed by atoms with Crippen molar-refractivity contribution in [2.45, 2.75) is 39.7 Å². The third kappa shape index (κ3) is 3.81. The zero-order chi connectivity index (χ0) is 14.5. The second-order valence-corrected chi connectivity index (χ2v) is 5.25. The van der Waals surface area contributed by atoms with Crippen molar-refractivity contribution in [1.29, 1.82) is 0 Å². The molecule has 0 bridgehead atoms. The average molecular weight is 270 g/mol. The Balaban J connectivity index is 2.16. The SMILES string of the molecule is CCc1cccc(Oc2ncc(CC(C)N)cc2C)c1. The highest BCUT2D eigenvalue weighted by atomic mass is 16.5. The molecular weight excluding hydrogens is 248 g/mol. The zero-order valence-electron chi connectivity index (χ0n) is 12.4. The number of pyridine rings is 1. The summed E-state index contributed by atoms with van der Waals surface area (Å²) in [6.07, 6.45) is 3.67. The molecule has 106 valence electrons. The van der Waals surface area contributed by atoms with Gasteiger partial charge >= 0.3 is 0 Å². The van der Waals surface area contributed by atoms with Crippen molar-refractivity contribution in [3.05, 3.63) is 53.2 Å². The van der Waals surface area contributed by atoms with Crippen LogP contribution in [0.25, 0.3) is 0 Å². The molecule has 1 heterocycles. The molecule has 3 heteroatoms. The van der Waals surface area contributed by atoms with Crippen molar-refractivity contribution < 1.29 is 4.74 Å². The fourth-order valence-electron chi connectivity index (χ4n) is 2.15. The van der Waals surface area contributed by atoms with Crippen LogP contribution in [0.2, 0.25) is 0 Å². The van der Waals surface area contributed by atoms with E-state index < -0.39 is 0 Å². The summed E-state index contributed by atoms with van der Waals surface area (Å²) in [6, 6.07) is 10.3. The Morgan fingerprint density at radius 1 is 1.25 bits per heavy atom. The van der Waals surface area contributed by atoms with Crippen LogP contribution in [0.1, 0.15) is 30.5 Å². The number of aromatic nitrogens is 1. The van der Waals surface area contributed by atoms with E-state index >= 15 is 0 Å². The normalized spacial score (nSPS) is 12.2. The third-order valence-corrected chi connectivity index (χ3v) is 3.17. The van der Waals surface area contributed by atoms with E-state index in [-0.39, 0.29) is 6.04 Å². The molecule has 3 nitrogen and oxygen atoms in total. The lowest BCUT2D eigenvalue weighted by Gasteiger charge is -2.11. The number of hydrogen-bond donors (Lipinski definition) is 1. The van der Waals surface area contributed by atoms with Crippen LogP contribution in [0.4, 0.5) is 0 Å². The van der Waals surface area contributed by atoms with Crippen LogP contribution in [-0.4, -0.2) is 11.0 Å². The molecule has 0 aliphatic carbocycles. The topological polar surface area (TPSA) is 48.1 Å². The minimum atomic E-state index is 0.143. The van der Waals surface area contributed by atoms with Gasteiger partial charge in [-0.25, -0.2) is 4.98 Å². The highest BCUT2D eigenvalue weighted by molar-refractivity contribution is 5.35. The molecule has 1 atom stereocenters. The predicted octanol–water partition coefficient (Wildman–Crippen LogP) is 3.63.